The highest BCUT2D eigenvalue weighted by Gasteiger charge is 2.42. The van der Waals surface area contributed by atoms with Gasteiger partial charge in [-0.05, 0) is 17.7 Å². The first-order valence-corrected chi connectivity index (χ1v) is 6.96. The van der Waals surface area contributed by atoms with Crippen molar-refractivity contribution >= 4 is 11.8 Å². The average Bonchev–Trinajstić information content (AvgIpc) is 2.82. The Morgan fingerprint density at radius 1 is 0.864 bits per heavy atom. The zero-order valence-electron chi connectivity index (χ0n) is 11.7. The molecule has 112 valence electrons. The Balaban J connectivity index is 1.96. The Morgan fingerprint density at radius 3 is 1.86 bits per heavy atom. The van der Waals surface area contributed by atoms with Crippen molar-refractivity contribution in [2.24, 2.45) is 0 Å². The van der Waals surface area contributed by atoms with E-state index in [0.717, 1.165) is 4.90 Å². The summed E-state index contributed by atoms with van der Waals surface area (Å²) < 4.78 is 0. The number of carbonyl (C=O) groups is 2. The highest BCUT2D eigenvalue weighted by atomic mass is 16.3. The summed E-state index contributed by atoms with van der Waals surface area (Å²) in [6, 6.07) is 14.1. The van der Waals surface area contributed by atoms with Crippen LogP contribution in [0.5, 0.6) is 0 Å². The fourth-order valence-corrected chi connectivity index (χ4v) is 2.70. The maximum Gasteiger partial charge on any atom is 0.261 e. The molecule has 5 nitrogen and oxygen atoms in total. The lowest BCUT2D eigenvalue weighted by Gasteiger charge is -2.29. The lowest BCUT2D eigenvalue weighted by Crippen LogP contribution is -2.45. The predicted molar refractivity (Wildman–Crippen MR) is 79.2 cm³/mol. The molecule has 0 saturated carbocycles. The molecule has 1 aliphatic rings. The van der Waals surface area contributed by atoms with Gasteiger partial charge in [0.1, 0.15) is 6.10 Å². The Hall–Kier alpha value is -2.50. The van der Waals surface area contributed by atoms with E-state index in [4.69, 9.17) is 0 Å². The van der Waals surface area contributed by atoms with Crippen LogP contribution in [0.25, 0.3) is 0 Å². The smallest absolute Gasteiger partial charge is 0.261 e. The van der Waals surface area contributed by atoms with Crippen molar-refractivity contribution in [1.29, 1.82) is 0 Å². The normalized spacial score (nSPS) is 16.5. The number of nitrogens with zero attached hydrogens (tertiary/aromatic N) is 1. The summed E-state index contributed by atoms with van der Waals surface area (Å²) in [6.45, 7) is -0.512. The standard InChI is InChI=1S/C17H15NO4/c19-10-14(15(20)11-6-2-1-3-7-11)18-16(21)12-8-4-5-9-13(12)17(18)22/h1-9,14-15,19-20H,10H2. The lowest BCUT2D eigenvalue weighted by atomic mass is 10.0. The summed E-state index contributed by atoms with van der Waals surface area (Å²) in [6.07, 6.45) is -1.14. The zero-order chi connectivity index (χ0) is 15.7. The van der Waals surface area contributed by atoms with Crippen LogP contribution in [0, 0.1) is 0 Å². The van der Waals surface area contributed by atoms with Crippen molar-refractivity contribution in [3.63, 3.8) is 0 Å². The molecule has 2 N–H and O–H groups in total. The molecule has 2 unspecified atom stereocenters. The maximum absolute atomic E-state index is 12.4. The number of fused-ring (bicyclic) bond motifs is 1. The van der Waals surface area contributed by atoms with Gasteiger partial charge in [-0.3, -0.25) is 14.5 Å². The number of aliphatic hydroxyl groups excluding tert-OH is 2. The molecule has 0 saturated heterocycles. The Morgan fingerprint density at radius 2 is 1.36 bits per heavy atom. The van der Waals surface area contributed by atoms with Gasteiger partial charge in [0.15, 0.2) is 0 Å². The lowest BCUT2D eigenvalue weighted by molar-refractivity contribution is 0.0172. The number of imide groups is 1. The summed E-state index contributed by atoms with van der Waals surface area (Å²) in [4.78, 5) is 25.8. The van der Waals surface area contributed by atoms with Crippen LogP contribution in [0.4, 0.5) is 0 Å². The molecule has 3 rings (SSSR count). The molecule has 0 fully saturated rings. The number of amides is 2. The first kappa shape index (κ1) is 14.4. The van der Waals surface area contributed by atoms with Gasteiger partial charge in [0.2, 0.25) is 0 Å². The Labute approximate surface area is 127 Å². The maximum atomic E-state index is 12.4. The van der Waals surface area contributed by atoms with Crippen molar-refractivity contribution in [2.75, 3.05) is 6.61 Å². The van der Waals surface area contributed by atoms with Crippen molar-refractivity contribution < 1.29 is 19.8 Å². The van der Waals surface area contributed by atoms with Crippen LogP contribution in [0.3, 0.4) is 0 Å². The second-order valence-corrected chi connectivity index (χ2v) is 5.13. The highest BCUT2D eigenvalue weighted by Crippen LogP contribution is 2.29. The van der Waals surface area contributed by atoms with Crippen molar-refractivity contribution in [3.8, 4) is 0 Å². The largest absolute Gasteiger partial charge is 0.394 e. The summed E-state index contributed by atoms with van der Waals surface area (Å²) in [5.41, 5.74) is 1.13. The summed E-state index contributed by atoms with van der Waals surface area (Å²) in [7, 11) is 0. The fraction of sp³-hybridized carbons (Fsp3) is 0.176. The first-order chi connectivity index (χ1) is 10.6. The average molecular weight is 297 g/mol. The summed E-state index contributed by atoms with van der Waals surface area (Å²) in [5.74, 6) is -0.982. The van der Waals surface area contributed by atoms with Gasteiger partial charge < -0.3 is 10.2 Å². The van der Waals surface area contributed by atoms with Crippen molar-refractivity contribution in [1.82, 2.24) is 4.90 Å². The minimum absolute atomic E-state index is 0.297. The molecule has 0 radical (unpaired) electrons. The molecule has 0 aromatic heterocycles. The molecule has 0 spiro atoms. The fourth-order valence-electron chi connectivity index (χ4n) is 2.70. The second-order valence-electron chi connectivity index (χ2n) is 5.13. The third-order valence-corrected chi connectivity index (χ3v) is 3.85. The third kappa shape index (κ3) is 2.20. The molecule has 2 amide bonds. The molecular formula is C17H15NO4. The zero-order valence-corrected chi connectivity index (χ0v) is 11.7. The topological polar surface area (TPSA) is 77.8 Å². The molecule has 2 atom stereocenters. The van der Waals surface area contributed by atoms with Crippen LogP contribution in [0.2, 0.25) is 0 Å². The molecule has 22 heavy (non-hydrogen) atoms. The second kappa shape index (κ2) is 5.71. The monoisotopic (exact) mass is 297 g/mol. The van der Waals surface area contributed by atoms with E-state index in [9.17, 15) is 19.8 Å². The van der Waals surface area contributed by atoms with Gasteiger partial charge in [-0.15, -0.1) is 0 Å². The molecule has 0 aliphatic carbocycles. The van der Waals surface area contributed by atoms with Gasteiger partial charge in [0.05, 0.1) is 23.8 Å². The van der Waals surface area contributed by atoms with Crippen LogP contribution < -0.4 is 0 Å². The molecular weight excluding hydrogens is 282 g/mol. The quantitative estimate of drug-likeness (QED) is 0.836. The number of benzene rings is 2. The van der Waals surface area contributed by atoms with E-state index in [1.54, 1.807) is 54.6 Å². The Bertz CT molecular complexity index is 679. The van der Waals surface area contributed by atoms with E-state index >= 15 is 0 Å². The molecule has 2 aromatic carbocycles. The van der Waals surface area contributed by atoms with Gasteiger partial charge in [-0.1, -0.05) is 42.5 Å². The van der Waals surface area contributed by atoms with Crippen molar-refractivity contribution in [3.05, 3.63) is 71.3 Å². The van der Waals surface area contributed by atoms with E-state index in [0.29, 0.717) is 16.7 Å². The van der Waals surface area contributed by atoms with Gasteiger partial charge in [-0.2, -0.15) is 0 Å². The van der Waals surface area contributed by atoms with Crippen LogP contribution in [-0.4, -0.2) is 39.6 Å². The number of carbonyl (C=O) groups excluding carboxylic acids is 2. The first-order valence-electron chi connectivity index (χ1n) is 6.96. The van der Waals surface area contributed by atoms with E-state index in [2.05, 4.69) is 0 Å². The number of aliphatic hydroxyl groups is 2. The van der Waals surface area contributed by atoms with Crippen LogP contribution >= 0.6 is 0 Å². The van der Waals surface area contributed by atoms with E-state index < -0.39 is 30.6 Å². The van der Waals surface area contributed by atoms with Gasteiger partial charge >= 0.3 is 0 Å². The Kier molecular flexibility index (Phi) is 3.75. The van der Waals surface area contributed by atoms with E-state index in [-0.39, 0.29) is 0 Å². The number of hydrogen-bond donors (Lipinski definition) is 2. The molecule has 5 heteroatoms. The molecule has 0 bridgehead atoms. The van der Waals surface area contributed by atoms with Crippen molar-refractivity contribution in [2.45, 2.75) is 12.1 Å². The van der Waals surface area contributed by atoms with Crippen LogP contribution in [0.1, 0.15) is 32.4 Å². The van der Waals surface area contributed by atoms with Gasteiger partial charge in [-0.25, -0.2) is 0 Å². The van der Waals surface area contributed by atoms with E-state index in [1.165, 1.54) is 0 Å². The minimum Gasteiger partial charge on any atom is -0.394 e. The minimum atomic E-state index is -1.14. The molecule has 1 aliphatic heterocycles. The van der Waals surface area contributed by atoms with Crippen LogP contribution in [0.15, 0.2) is 54.6 Å². The number of rotatable bonds is 4. The summed E-state index contributed by atoms with van der Waals surface area (Å²) >= 11 is 0. The molecule has 1 heterocycles. The van der Waals surface area contributed by atoms with E-state index in [1.807, 2.05) is 0 Å². The van der Waals surface area contributed by atoms with Gasteiger partial charge in [0, 0.05) is 0 Å². The highest BCUT2D eigenvalue weighted by molar-refractivity contribution is 6.21. The SMILES string of the molecule is O=C1c2ccccc2C(=O)N1C(CO)C(O)c1ccccc1. The predicted octanol–water partition coefficient (Wildman–Crippen LogP) is 1.38. The van der Waals surface area contributed by atoms with Gasteiger partial charge in [0.25, 0.3) is 11.8 Å². The number of hydrogen-bond acceptors (Lipinski definition) is 4. The molecule has 2 aromatic rings. The third-order valence-electron chi connectivity index (χ3n) is 3.85. The van der Waals surface area contributed by atoms with Crippen LogP contribution in [-0.2, 0) is 0 Å². The summed E-state index contributed by atoms with van der Waals surface area (Å²) in [5, 5.41) is 20.1.